The molecule has 0 saturated carbocycles. The van der Waals surface area contributed by atoms with Crippen LogP contribution < -0.4 is 5.73 Å². The average molecular weight is 340 g/mol. The van der Waals surface area contributed by atoms with Gasteiger partial charge in [0.1, 0.15) is 0 Å². The molecule has 2 rings (SSSR count). The molecule has 0 aliphatic carbocycles. The number of nitrogens with two attached hydrogens (primary N) is 1. The molecular formula is C14H27Cl2N3S. The first-order valence-electron chi connectivity index (χ1n) is 6.98. The molecule has 2 heterocycles. The van der Waals surface area contributed by atoms with Gasteiger partial charge in [-0.2, -0.15) is 0 Å². The molecule has 1 atom stereocenters. The summed E-state index contributed by atoms with van der Waals surface area (Å²) in [5.41, 5.74) is 7.21. The van der Waals surface area contributed by atoms with E-state index in [1.165, 1.54) is 36.6 Å². The first-order chi connectivity index (χ1) is 8.56. The van der Waals surface area contributed by atoms with Gasteiger partial charge in [0, 0.05) is 23.9 Å². The Labute approximate surface area is 139 Å². The zero-order chi connectivity index (χ0) is 13.1. The normalized spacial score (nSPS) is 18.4. The van der Waals surface area contributed by atoms with Crippen molar-refractivity contribution >= 4 is 36.2 Å². The Hall–Kier alpha value is 0.130. The standard InChI is InChI=1S/C14H25N3S.2ClH/c1-10(2)14-16-13(9-18-14)8-17-6-4-12(5-7-17)11(3)15;;/h9-12H,4-8,15H2,1-3H3;2*1H. The maximum atomic E-state index is 5.97. The summed E-state index contributed by atoms with van der Waals surface area (Å²) in [6.07, 6.45) is 2.47. The number of halogens is 2. The van der Waals surface area contributed by atoms with Crippen LogP contribution in [0.4, 0.5) is 0 Å². The van der Waals surface area contributed by atoms with E-state index >= 15 is 0 Å². The minimum absolute atomic E-state index is 0. The lowest BCUT2D eigenvalue weighted by Crippen LogP contribution is -2.39. The second kappa shape index (κ2) is 9.21. The Morgan fingerprint density at radius 2 is 1.90 bits per heavy atom. The van der Waals surface area contributed by atoms with E-state index in [0.717, 1.165) is 6.54 Å². The van der Waals surface area contributed by atoms with Crippen molar-refractivity contribution in [2.24, 2.45) is 11.7 Å². The van der Waals surface area contributed by atoms with Crippen LogP contribution in [0.5, 0.6) is 0 Å². The van der Waals surface area contributed by atoms with E-state index in [2.05, 4.69) is 31.1 Å². The first kappa shape index (κ1) is 20.1. The van der Waals surface area contributed by atoms with E-state index in [4.69, 9.17) is 10.7 Å². The molecular weight excluding hydrogens is 313 g/mol. The summed E-state index contributed by atoms with van der Waals surface area (Å²) in [6, 6.07) is 0.346. The zero-order valence-electron chi connectivity index (χ0n) is 12.5. The van der Waals surface area contributed by atoms with Gasteiger partial charge < -0.3 is 5.73 Å². The average Bonchev–Trinajstić information content (AvgIpc) is 2.78. The van der Waals surface area contributed by atoms with Gasteiger partial charge in [-0.05, 0) is 38.8 Å². The van der Waals surface area contributed by atoms with Crippen molar-refractivity contribution in [3.8, 4) is 0 Å². The summed E-state index contributed by atoms with van der Waals surface area (Å²) in [4.78, 5) is 7.22. The molecule has 1 unspecified atom stereocenters. The van der Waals surface area contributed by atoms with E-state index in [1.54, 1.807) is 11.3 Å². The molecule has 1 aromatic heterocycles. The van der Waals surface area contributed by atoms with Crippen LogP contribution in [0.15, 0.2) is 5.38 Å². The van der Waals surface area contributed by atoms with Gasteiger partial charge >= 0.3 is 0 Å². The monoisotopic (exact) mass is 339 g/mol. The molecule has 1 aliphatic rings. The van der Waals surface area contributed by atoms with E-state index in [9.17, 15) is 0 Å². The Balaban J connectivity index is 0.00000180. The fraction of sp³-hybridized carbons (Fsp3) is 0.786. The molecule has 0 radical (unpaired) electrons. The molecule has 20 heavy (non-hydrogen) atoms. The molecule has 0 bridgehead atoms. The fourth-order valence-corrected chi connectivity index (χ4v) is 3.35. The Kier molecular flexibility index (Phi) is 9.27. The Bertz CT molecular complexity index is 374. The van der Waals surface area contributed by atoms with E-state index in [0.29, 0.717) is 17.9 Å². The third-order valence-corrected chi connectivity index (χ3v) is 5.02. The van der Waals surface area contributed by atoms with Crippen molar-refractivity contribution < 1.29 is 0 Å². The summed E-state index contributed by atoms with van der Waals surface area (Å²) in [7, 11) is 0. The number of hydrogen-bond donors (Lipinski definition) is 1. The van der Waals surface area contributed by atoms with Gasteiger partial charge in [0.15, 0.2) is 0 Å². The Morgan fingerprint density at radius 3 is 2.35 bits per heavy atom. The van der Waals surface area contributed by atoms with Crippen LogP contribution in [0, 0.1) is 5.92 Å². The number of nitrogens with zero attached hydrogens (tertiary/aromatic N) is 2. The first-order valence-corrected chi connectivity index (χ1v) is 7.86. The molecule has 1 aromatic rings. The summed E-state index contributed by atoms with van der Waals surface area (Å²) in [6.45, 7) is 9.89. The zero-order valence-corrected chi connectivity index (χ0v) is 15.0. The van der Waals surface area contributed by atoms with E-state index in [-0.39, 0.29) is 24.8 Å². The molecule has 2 N–H and O–H groups in total. The highest BCUT2D eigenvalue weighted by Crippen LogP contribution is 2.23. The summed E-state index contributed by atoms with van der Waals surface area (Å²) >= 11 is 1.79. The van der Waals surface area contributed by atoms with Gasteiger partial charge in [0.2, 0.25) is 0 Å². The van der Waals surface area contributed by atoms with Crippen LogP contribution >= 0.6 is 36.2 Å². The maximum Gasteiger partial charge on any atom is 0.0954 e. The molecule has 1 fully saturated rings. The maximum absolute atomic E-state index is 5.97. The lowest BCUT2D eigenvalue weighted by atomic mass is 9.91. The van der Waals surface area contributed by atoms with Crippen LogP contribution in [0.1, 0.15) is 50.2 Å². The number of rotatable bonds is 4. The third-order valence-electron chi connectivity index (χ3n) is 3.82. The highest BCUT2D eigenvalue weighted by Gasteiger charge is 2.22. The number of likely N-dealkylation sites (tertiary alicyclic amines) is 1. The molecule has 118 valence electrons. The largest absolute Gasteiger partial charge is 0.328 e. The Morgan fingerprint density at radius 1 is 1.30 bits per heavy atom. The van der Waals surface area contributed by atoms with Crippen LogP contribution in [0.25, 0.3) is 0 Å². The lowest BCUT2D eigenvalue weighted by molar-refractivity contribution is 0.164. The van der Waals surface area contributed by atoms with Crippen molar-refractivity contribution in [3.63, 3.8) is 0 Å². The van der Waals surface area contributed by atoms with Crippen molar-refractivity contribution in [1.82, 2.24) is 9.88 Å². The van der Waals surface area contributed by atoms with Crippen molar-refractivity contribution in [2.45, 2.75) is 52.1 Å². The SMILES string of the molecule is CC(C)c1nc(CN2CCC(C(C)N)CC2)cs1.Cl.Cl. The minimum atomic E-state index is 0. The van der Waals surface area contributed by atoms with Gasteiger partial charge in [-0.3, -0.25) is 4.90 Å². The second-order valence-electron chi connectivity index (χ2n) is 5.80. The molecule has 0 aromatic carbocycles. The predicted octanol–water partition coefficient (Wildman–Crippen LogP) is 3.67. The summed E-state index contributed by atoms with van der Waals surface area (Å²) in [5.74, 6) is 1.26. The van der Waals surface area contributed by atoms with Gasteiger partial charge in [0.25, 0.3) is 0 Å². The lowest BCUT2D eigenvalue weighted by Gasteiger charge is -2.33. The number of piperidine rings is 1. The van der Waals surface area contributed by atoms with Crippen molar-refractivity contribution in [3.05, 3.63) is 16.1 Å². The second-order valence-corrected chi connectivity index (χ2v) is 6.69. The molecule has 1 saturated heterocycles. The molecule has 0 amide bonds. The highest BCUT2D eigenvalue weighted by molar-refractivity contribution is 7.09. The molecule has 1 aliphatic heterocycles. The van der Waals surface area contributed by atoms with Gasteiger partial charge in [-0.1, -0.05) is 13.8 Å². The van der Waals surface area contributed by atoms with Crippen LogP contribution in [-0.2, 0) is 6.54 Å². The third kappa shape index (κ3) is 5.49. The molecule has 0 spiro atoms. The van der Waals surface area contributed by atoms with Crippen LogP contribution in [0.2, 0.25) is 0 Å². The van der Waals surface area contributed by atoms with Gasteiger partial charge in [-0.15, -0.1) is 36.2 Å². The quantitative estimate of drug-likeness (QED) is 0.909. The summed E-state index contributed by atoms with van der Waals surface area (Å²) < 4.78 is 0. The van der Waals surface area contributed by atoms with E-state index in [1.807, 2.05) is 0 Å². The molecule has 3 nitrogen and oxygen atoms in total. The highest BCUT2D eigenvalue weighted by atomic mass is 35.5. The smallest absolute Gasteiger partial charge is 0.0954 e. The molecule has 6 heteroatoms. The van der Waals surface area contributed by atoms with Crippen molar-refractivity contribution in [1.29, 1.82) is 0 Å². The summed E-state index contributed by atoms with van der Waals surface area (Å²) in [5, 5.41) is 3.47. The predicted molar refractivity (Wildman–Crippen MR) is 92.3 cm³/mol. The minimum Gasteiger partial charge on any atom is -0.328 e. The van der Waals surface area contributed by atoms with Crippen LogP contribution in [-0.4, -0.2) is 29.0 Å². The number of hydrogen-bond acceptors (Lipinski definition) is 4. The fourth-order valence-electron chi connectivity index (χ4n) is 2.53. The van der Waals surface area contributed by atoms with Gasteiger partial charge in [-0.25, -0.2) is 4.98 Å². The van der Waals surface area contributed by atoms with Crippen molar-refractivity contribution in [2.75, 3.05) is 13.1 Å². The topological polar surface area (TPSA) is 42.2 Å². The van der Waals surface area contributed by atoms with Crippen LogP contribution in [0.3, 0.4) is 0 Å². The van der Waals surface area contributed by atoms with E-state index < -0.39 is 0 Å². The number of aromatic nitrogens is 1. The van der Waals surface area contributed by atoms with Gasteiger partial charge in [0.05, 0.1) is 10.7 Å². The number of thiazole rings is 1.